The number of anilines is 1. The summed E-state index contributed by atoms with van der Waals surface area (Å²) in [5.74, 6) is 2.40. The molecule has 0 radical (unpaired) electrons. The minimum absolute atomic E-state index is 0.114. The van der Waals surface area contributed by atoms with Gasteiger partial charge >= 0.3 is 0 Å². The van der Waals surface area contributed by atoms with Gasteiger partial charge in [-0.2, -0.15) is 0 Å². The highest BCUT2D eigenvalue weighted by Gasteiger charge is 2.40. The van der Waals surface area contributed by atoms with Crippen LogP contribution < -0.4 is 5.32 Å². The maximum absolute atomic E-state index is 12.1. The number of fused-ring (bicyclic) bond motifs is 2. The molecule has 2 bridgehead atoms. The lowest BCUT2D eigenvalue weighted by molar-refractivity contribution is -0.117. The Morgan fingerprint density at radius 1 is 1.37 bits per heavy atom. The molecular formula is C16H20ClNO. The third kappa shape index (κ3) is 2.79. The highest BCUT2D eigenvalue weighted by Crippen LogP contribution is 2.49. The van der Waals surface area contributed by atoms with Crippen LogP contribution in [0.2, 0.25) is 5.02 Å². The second-order valence-electron chi connectivity index (χ2n) is 6.17. The smallest absolute Gasteiger partial charge is 0.224 e. The predicted molar refractivity (Wildman–Crippen MR) is 78.4 cm³/mol. The normalized spacial score (nSPS) is 28.6. The molecular weight excluding hydrogens is 258 g/mol. The molecule has 1 amide bonds. The fourth-order valence-corrected chi connectivity index (χ4v) is 4.07. The summed E-state index contributed by atoms with van der Waals surface area (Å²) < 4.78 is 0. The Bertz CT molecular complexity index is 500. The van der Waals surface area contributed by atoms with Gasteiger partial charge in [-0.15, -0.1) is 0 Å². The molecule has 1 N–H and O–H groups in total. The van der Waals surface area contributed by atoms with E-state index in [1.807, 2.05) is 25.1 Å². The topological polar surface area (TPSA) is 29.1 Å². The summed E-state index contributed by atoms with van der Waals surface area (Å²) in [7, 11) is 0. The summed E-state index contributed by atoms with van der Waals surface area (Å²) in [6, 6.07) is 5.74. The van der Waals surface area contributed by atoms with Crippen molar-refractivity contribution in [3.05, 3.63) is 28.8 Å². The minimum Gasteiger partial charge on any atom is -0.325 e. The summed E-state index contributed by atoms with van der Waals surface area (Å²) in [6.07, 6.45) is 5.97. The van der Waals surface area contributed by atoms with Gasteiger partial charge in [-0.3, -0.25) is 4.79 Å². The van der Waals surface area contributed by atoms with E-state index in [2.05, 4.69) is 5.32 Å². The molecule has 0 spiro atoms. The van der Waals surface area contributed by atoms with Crippen molar-refractivity contribution in [1.82, 2.24) is 0 Å². The molecule has 0 aliphatic heterocycles. The molecule has 2 saturated carbocycles. The third-order valence-electron chi connectivity index (χ3n) is 4.73. The molecule has 0 heterocycles. The highest BCUT2D eigenvalue weighted by atomic mass is 35.5. The number of benzene rings is 1. The first-order chi connectivity index (χ1) is 9.11. The second kappa shape index (κ2) is 5.16. The van der Waals surface area contributed by atoms with E-state index in [1.54, 1.807) is 0 Å². The summed E-state index contributed by atoms with van der Waals surface area (Å²) in [5, 5.41) is 3.58. The van der Waals surface area contributed by atoms with Crippen LogP contribution in [0.4, 0.5) is 5.69 Å². The molecule has 2 aliphatic rings. The van der Waals surface area contributed by atoms with E-state index >= 15 is 0 Å². The van der Waals surface area contributed by atoms with Crippen molar-refractivity contribution in [1.29, 1.82) is 0 Å². The zero-order valence-electron chi connectivity index (χ0n) is 11.3. The molecule has 2 aliphatic carbocycles. The number of hydrogen-bond acceptors (Lipinski definition) is 1. The Morgan fingerprint density at radius 2 is 2.21 bits per heavy atom. The average Bonchev–Trinajstić information content (AvgIpc) is 2.95. The molecule has 1 aromatic carbocycles. The summed E-state index contributed by atoms with van der Waals surface area (Å²) >= 11 is 6.14. The van der Waals surface area contributed by atoms with Gasteiger partial charge in [-0.1, -0.05) is 24.1 Å². The summed E-state index contributed by atoms with van der Waals surface area (Å²) in [5.41, 5.74) is 1.84. The Labute approximate surface area is 119 Å². The van der Waals surface area contributed by atoms with Crippen molar-refractivity contribution in [2.45, 2.75) is 39.0 Å². The zero-order chi connectivity index (χ0) is 13.4. The number of aryl methyl sites for hydroxylation is 1. The lowest BCUT2D eigenvalue weighted by atomic mass is 9.86. The van der Waals surface area contributed by atoms with Crippen LogP contribution in [-0.4, -0.2) is 5.91 Å². The Kier molecular flexibility index (Phi) is 3.53. The number of hydrogen-bond donors (Lipinski definition) is 1. The number of amides is 1. The Morgan fingerprint density at radius 3 is 2.84 bits per heavy atom. The molecule has 2 fully saturated rings. The lowest BCUT2D eigenvalue weighted by Gasteiger charge is -2.21. The highest BCUT2D eigenvalue weighted by molar-refractivity contribution is 6.33. The van der Waals surface area contributed by atoms with Crippen molar-refractivity contribution < 1.29 is 4.79 Å². The largest absolute Gasteiger partial charge is 0.325 e. The molecule has 19 heavy (non-hydrogen) atoms. The van der Waals surface area contributed by atoms with Crippen molar-refractivity contribution in [2.75, 3.05) is 5.32 Å². The SMILES string of the molecule is Cc1ccc(NC(=O)C[C@H]2C[C@H]3CC[C@@H]2C3)c(Cl)c1. The van der Waals surface area contributed by atoms with Gasteiger partial charge in [0.05, 0.1) is 10.7 Å². The van der Waals surface area contributed by atoms with Crippen LogP contribution in [-0.2, 0) is 4.79 Å². The van der Waals surface area contributed by atoms with Crippen molar-refractivity contribution in [2.24, 2.45) is 17.8 Å². The van der Waals surface area contributed by atoms with E-state index in [4.69, 9.17) is 11.6 Å². The van der Waals surface area contributed by atoms with Gasteiger partial charge in [0.1, 0.15) is 0 Å². The van der Waals surface area contributed by atoms with Crippen molar-refractivity contribution in [3.8, 4) is 0 Å². The molecule has 3 rings (SSSR count). The van der Waals surface area contributed by atoms with Crippen LogP contribution in [0.1, 0.15) is 37.7 Å². The molecule has 1 aromatic rings. The van der Waals surface area contributed by atoms with Crippen LogP contribution in [0.3, 0.4) is 0 Å². The van der Waals surface area contributed by atoms with Crippen LogP contribution in [0, 0.1) is 24.7 Å². The van der Waals surface area contributed by atoms with Gasteiger partial charge in [0.15, 0.2) is 0 Å². The Balaban J connectivity index is 1.59. The van der Waals surface area contributed by atoms with E-state index in [0.29, 0.717) is 17.4 Å². The zero-order valence-corrected chi connectivity index (χ0v) is 12.0. The number of carbonyl (C=O) groups excluding carboxylic acids is 1. The predicted octanol–water partition coefficient (Wildman–Crippen LogP) is 4.41. The number of rotatable bonds is 3. The second-order valence-corrected chi connectivity index (χ2v) is 6.58. The van der Waals surface area contributed by atoms with Crippen molar-refractivity contribution >= 4 is 23.2 Å². The van der Waals surface area contributed by atoms with Gasteiger partial charge in [0.2, 0.25) is 5.91 Å². The van der Waals surface area contributed by atoms with Gasteiger partial charge in [0.25, 0.3) is 0 Å². The van der Waals surface area contributed by atoms with E-state index < -0.39 is 0 Å². The van der Waals surface area contributed by atoms with E-state index in [9.17, 15) is 4.79 Å². The summed E-state index contributed by atoms with van der Waals surface area (Å²) in [6.45, 7) is 1.99. The molecule has 0 unspecified atom stereocenters. The lowest BCUT2D eigenvalue weighted by Crippen LogP contribution is -2.20. The fourth-order valence-electron chi connectivity index (χ4n) is 3.79. The maximum Gasteiger partial charge on any atom is 0.224 e. The standard InChI is InChI=1S/C16H20ClNO/c1-10-2-5-15(14(17)6-10)18-16(19)9-13-8-11-3-4-12(13)7-11/h2,5-6,11-13H,3-4,7-9H2,1H3,(H,18,19)/t11-,12+,13+/m0/s1. The van der Waals surface area contributed by atoms with Gasteiger partial charge in [-0.25, -0.2) is 0 Å². The summed E-state index contributed by atoms with van der Waals surface area (Å²) in [4.78, 5) is 12.1. The number of halogens is 1. The van der Waals surface area contributed by atoms with E-state index in [1.165, 1.54) is 25.7 Å². The average molecular weight is 278 g/mol. The van der Waals surface area contributed by atoms with Crippen molar-refractivity contribution in [3.63, 3.8) is 0 Å². The van der Waals surface area contributed by atoms with E-state index in [-0.39, 0.29) is 5.91 Å². The first-order valence-corrected chi connectivity index (χ1v) is 7.55. The number of nitrogens with one attached hydrogen (secondary N) is 1. The Hall–Kier alpha value is -1.02. The van der Waals surface area contributed by atoms with Crippen LogP contribution >= 0.6 is 11.6 Å². The molecule has 2 nitrogen and oxygen atoms in total. The third-order valence-corrected chi connectivity index (χ3v) is 5.04. The van der Waals surface area contributed by atoms with Gasteiger partial charge < -0.3 is 5.32 Å². The number of carbonyl (C=O) groups is 1. The van der Waals surface area contributed by atoms with Crippen LogP contribution in [0.15, 0.2) is 18.2 Å². The van der Waals surface area contributed by atoms with Gasteiger partial charge in [-0.05, 0) is 61.6 Å². The molecule has 3 atom stereocenters. The first kappa shape index (κ1) is 13.0. The van der Waals surface area contributed by atoms with Crippen LogP contribution in [0.5, 0.6) is 0 Å². The monoisotopic (exact) mass is 277 g/mol. The quantitative estimate of drug-likeness (QED) is 0.871. The molecule has 0 saturated heterocycles. The molecule has 3 heteroatoms. The molecule has 102 valence electrons. The van der Waals surface area contributed by atoms with Crippen LogP contribution in [0.25, 0.3) is 0 Å². The first-order valence-electron chi connectivity index (χ1n) is 7.18. The maximum atomic E-state index is 12.1. The molecule has 0 aromatic heterocycles. The van der Waals surface area contributed by atoms with Gasteiger partial charge in [0, 0.05) is 6.42 Å². The van der Waals surface area contributed by atoms with E-state index in [0.717, 1.165) is 23.1 Å². The minimum atomic E-state index is 0.114. The fraction of sp³-hybridized carbons (Fsp3) is 0.562.